The summed E-state index contributed by atoms with van der Waals surface area (Å²) in [6.45, 7) is 7.44. The zero-order chi connectivity index (χ0) is 19.1. The molecule has 1 unspecified atom stereocenters. The molecule has 0 aliphatic rings. The van der Waals surface area contributed by atoms with E-state index in [9.17, 15) is 9.59 Å². The van der Waals surface area contributed by atoms with Gasteiger partial charge in [0.15, 0.2) is 6.54 Å². The van der Waals surface area contributed by atoms with Crippen LogP contribution >= 0.6 is 0 Å². The molecule has 0 bridgehead atoms. The van der Waals surface area contributed by atoms with Gasteiger partial charge in [0.1, 0.15) is 6.54 Å². The van der Waals surface area contributed by atoms with E-state index in [0.717, 1.165) is 11.4 Å². The highest BCUT2D eigenvalue weighted by atomic mass is 16.5. The van der Waals surface area contributed by atoms with E-state index >= 15 is 0 Å². The SMILES string of the molecule is CCOC(=O)c1ccc(NC(=O)C[NH+](C)Cc2ccc(C)cc2C)cc1. The number of esters is 1. The quantitative estimate of drug-likeness (QED) is 0.748. The first-order valence-corrected chi connectivity index (χ1v) is 8.83. The lowest BCUT2D eigenvalue weighted by atomic mass is 10.1. The summed E-state index contributed by atoms with van der Waals surface area (Å²) < 4.78 is 4.95. The smallest absolute Gasteiger partial charge is 0.338 e. The van der Waals surface area contributed by atoms with Gasteiger partial charge in [0.25, 0.3) is 5.91 Å². The van der Waals surface area contributed by atoms with Gasteiger partial charge < -0.3 is 15.0 Å². The van der Waals surface area contributed by atoms with Crippen LogP contribution in [0.1, 0.15) is 34.0 Å². The van der Waals surface area contributed by atoms with Crippen LogP contribution < -0.4 is 10.2 Å². The molecule has 5 heteroatoms. The van der Waals surface area contributed by atoms with E-state index in [1.807, 2.05) is 7.05 Å². The average molecular weight is 355 g/mol. The number of carbonyl (C=O) groups excluding carboxylic acids is 2. The molecule has 26 heavy (non-hydrogen) atoms. The summed E-state index contributed by atoms with van der Waals surface area (Å²) in [6, 6.07) is 13.1. The molecule has 5 nitrogen and oxygen atoms in total. The molecule has 1 amide bonds. The molecule has 2 aromatic rings. The second kappa shape index (κ2) is 9.15. The third-order valence-electron chi connectivity index (χ3n) is 4.13. The Morgan fingerprint density at radius 1 is 1.08 bits per heavy atom. The maximum atomic E-state index is 12.2. The van der Waals surface area contributed by atoms with Crippen molar-refractivity contribution in [1.29, 1.82) is 0 Å². The number of anilines is 1. The summed E-state index contributed by atoms with van der Waals surface area (Å²) in [7, 11) is 2.00. The van der Waals surface area contributed by atoms with Gasteiger partial charge in [-0.1, -0.05) is 23.8 Å². The van der Waals surface area contributed by atoms with Gasteiger partial charge in [-0.05, 0) is 50.6 Å². The van der Waals surface area contributed by atoms with Crippen LogP contribution in [0.25, 0.3) is 0 Å². The van der Waals surface area contributed by atoms with E-state index in [4.69, 9.17) is 4.74 Å². The molecule has 0 radical (unpaired) electrons. The van der Waals surface area contributed by atoms with Crippen molar-refractivity contribution < 1.29 is 19.2 Å². The number of likely N-dealkylation sites (N-methyl/N-ethyl adjacent to an activating group) is 1. The van der Waals surface area contributed by atoms with Crippen LogP contribution in [-0.2, 0) is 16.1 Å². The minimum atomic E-state index is -0.358. The summed E-state index contributed by atoms with van der Waals surface area (Å²) >= 11 is 0. The molecule has 138 valence electrons. The molecular weight excluding hydrogens is 328 g/mol. The lowest BCUT2D eigenvalue weighted by Crippen LogP contribution is -3.08. The van der Waals surface area contributed by atoms with Gasteiger partial charge in [-0.3, -0.25) is 4.79 Å². The third-order valence-corrected chi connectivity index (χ3v) is 4.13. The molecule has 1 atom stereocenters. The van der Waals surface area contributed by atoms with E-state index in [0.29, 0.717) is 24.4 Å². The Morgan fingerprint density at radius 3 is 2.38 bits per heavy atom. The van der Waals surface area contributed by atoms with Crippen LogP contribution in [0.5, 0.6) is 0 Å². The minimum absolute atomic E-state index is 0.0591. The molecule has 0 fully saturated rings. The zero-order valence-electron chi connectivity index (χ0n) is 15.9. The summed E-state index contributed by atoms with van der Waals surface area (Å²) in [5.41, 5.74) is 4.89. The minimum Gasteiger partial charge on any atom is -0.462 e. The number of ether oxygens (including phenoxy) is 1. The van der Waals surface area contributed by atoms with Gasteiger partial charge in [0.05, 0.1) is 19.2 Å². The maximum Gasteiger partial charge on any atom is 0.338 e. The van der Waals surface area contributed by atoms with Crippen molar-refractivity contribution in [1.82, 2.24) is 0 Å². The number of hydrogen-bond donors (Lipinski definition) is 2. The fraction of sp³-hybridized carbons (Fsp3) is 0.333. The summed E-state index contributed by atoms with van der Waals surface area (Å²) in [4.78, 5) is 25.0. The zero-order valence-corrected chi connectivity index (χ0v) is 15.9. The van der Waals surface area contributed by atoms with Crippen LogP contribution in [0, 0.1) is 13.8 Å². The predicted octanol–water partition coefficient (Wildman–Crippen LogP) is 2.13. The summed E-state index contributed by atoms with van der Waals surface area (Å²) in [5, 5.41) is 2.87. The Morgan fingerprint density at radius 2 is 1.77 bits per heavy atom. The Kier molecular flexibility index (Phi) is 6.92. The van der Waals surface area contributed by atoms with E-state index < -0.39 is 0 Å². The van der Waals surface area contributed by atoms with Crippen LogP contribution in [0.15, 0.2) is 42.5 Å². The number of benzene rings is 2. The number of aryl methyl sites for hydroxylation is 2. The van der Waals surface area contributed by atoms with E-state index in [-0.39, 0.29) is 11.9 Å². The van der Waals surface area contributed by atoms with Crippen LogP contribution in [0.4, 0.5) is 5.69 Å². The van der Waals surface area contributed by atoms with E-state index in [2.05, 4.69) is 37.4 Å². The van der Waals surface area contributed by atoms with Crippen molar-refractivity contribution in [3.8, 4) is 0 Å². The number of rotatable bonds is 7. The normalized spacial score (nSPS) is 11.7. The molecule has 2 aromatic carbocycles. The van der Waals surface area contributed by atoms with Crippen molar-refractivity contribution in [2.24, 2.45) is 0 Å². The molecular formula is C21H27N2O3+. The average Bonchev–Trinajstić information content (AvgIpc) is 2.58. The highest BCUT2D eigenvalue weighted by Crippen LogP contribution is 2.11. The van der Waals surface area contributed by atoms with Gasteiger partial charge >= 0.3 is 5.97 Å². The van der Waals surface area contributed by atoms with E-state index in [1.165, 1.54) is 16.7 Å². The molecule has 0 aliphatic heterocycles. The molecule has 0 aliphatic carbocycles. The molecule has 0 saturated carbocycles. The maximum absolute atomic E-state index is 12.2. The lowest BCUT2D eigenvalue weighted by molar-refractivity contribution is -0.885. The Bertz CT molecular complexity index is 769. The summed E-state index contributed by atoms with van der Waals surface area (Å²) in [6.07, 6.45) is 0. The fourth-order valence-corrected chi connectivity index (χ4v) is 2.82. The molecule has 0 aromatic heterocycles. The fourth-order valence-electron chi connectivity index (χ4n) is 2.82. The Hall–Kier alpha value is -2.66. The molecule has 0 spiro atoms. The van der Waals surface area contributed by atoms with Crippen molar-refractivity contribution in [2.75, 3.05) is 25.5 Å². The van der Waals surface area contributed by atoms with Crippen molar-refractivity contribution in [3.63, 3.8) is 0 Å². The molecule has 2 rings (SSSR count). The van der Waals surface area contributed by atoms with Crippen LogP contribution in [0.3, 0.4) is 0 Å². The number of carbonyl (C=O) groups is 2. The lowest BCUT2D eigenvalue weighted by Gasteiger charge is -2.15. The number of quaternary nitrogens is 1. The Balaban J connectivity index is 1.88. The van der Waals surface area contributed by atoms with E-state index in [1.54, 1.807) is 31.2 Å². The first-order valence-electron chi connectivity index (χ1n) is 8.83. The van der Waals surface area contributed by atoms with Gasteiger partial charge in [0, 0.05) is 11.3 Å². The second-order valence-electron chi connectivity index (χ2n) is 6.59. The molecule has 2 N–H and O–H groups in total. The molecule has 0 saturated heterocycles. The third kappa shape index (κ3) is 5.70. The standard InChI is InChI=1S/C21H26N2O3/c1-5-26-21(25)17-8-10-19(11-9-17)22-20(24)14-23(4)13-18-7-6-15(2)12-16(18)3/h6-12H,5,13-14H2,1-4H3,(H,22,24)/p+1. The summed E-state index contributed by atoms with van der Waals surface area (Å²) in [5.74, 6) is -0.417. The monoisotopic (exact) mass is 355 g/mol. The van der Waals surface area contributed by atoms with Crippen molar-refractivity contribution in [2.45, 2.75) is 27.3 Å². The van der Waals surface area contributed by atoms with Crippen molar-refractivity contribution >= 4 is 17.6 Å². The van der Waals surface area contributed by atoms with Gasteiger partial charge in [-0.15, -0.1) is 0 Å². The Labute approximate surface area is 155 Å². The highest BCUT2D eigenvalue weighted by Gasteiger charge is 2.13. The first-order chi connectivity index (χ1) is 12.4. The van der Waals surface area contributed by atoms with Crippen LogP contribution in [0.2, 0.25) is 0 Å². The van der Waals surface area contributed by atoms with Crippen molar-refractivity contribution in [3.05, 3.63) is 64.7 Å². The topological polar surface area (TPSA) is 59.8 Å². The number of nitrogens with one attached hydrogen (secondary N) is 2. The van der Waals surface area contributed by atoms with Gasteiger partial charge in [-0.2, -0.15) is 0 Å². The highest BCUT2D eigenvalue weighted by molar-refractivity contribution is 5.93. The van der Waals surface area contributed by atoms with Crippen LogP contribution in [-0.4, -0.2) is 32.1 Å². The van der Waals surface area contributed by atoms with Gasteiger partial charge in [-0.25, -0.2) is 4.79 Å². The second-order valence-corrected chi connectivity index (χ2v) is 6.59. The predicted molar refractivity (Wildman–Crippen MR) is 102 cm³/mol. The number of amides is 1. The molecule has 0 heterocycles. The van der Waals surface area contributed by atoms with Gasteiger partial charge in [0.2, 0.25) is 0 Å². The largest absolute Gasteiger partial charge is 0.462 e. The number of hydrogen-bond acceptors (Lipinski definition) is 3. The first kappa shape index (κ1) is 19.7.